The zero-order valence-electron chi connectivity index (χ0n) is 20.8. The lowest BCUT2D eigenvalue weighted by Crippen LogP contribution is -2.41. The number of carbonyl (C=O) groups excluding carboxylic acids is 1. The fourth-order valence-electron chi connectivity index (χ4n) is 4.65. The van der Waals surface area contributed by atoms with Crippen molar-refractivity contribution >= 4 is 15.9 Å². The molecule has 0 unspecified atom stereocenters. The maximum atomic E-state index is 13.1. The summed E-state index contributed by atoms with van der Waals surface area (Å²) in [6.45, 7) is 7.47. The Labute approximate surface area is 207 Å². The highest BCUT2D eigenvalue weighted by atomic mass is 32.2. The monoisotopic (exact) mass is 502 g/mol. The lowest BCUT2D eigenvalue weighted by Gasteiger charge is -2.38. The van der Waals surface area contributed by atoms with Crippen LogP contribution in [0.5, 0.6) is 11.5 Å². The van der Waals surface area contributed by atoms with E-state index in [1.807, 2.05) is 39.0 Å². The van der Waals surface area contributed by atoms with Crippen molar-refractivity contribution in [2.24, 2.45) is 0 Å². The summed E-state index contributed by atoms with van der Waals surface area (Å²) in [5.41, 5.74) is 2.36. The molecule has 1 amide bonds. The van der Waals surface area contributed by atoms with Gasteiger partial charge >= 0.3 is 0 Å². The fraction of sp³-hybridized carbons (Fsp3) is 0.500. The number of carbonyl (C=O) groups is 1. The normalized spacial score (nSPS) is 19.9. The first-order chi connectivity index (χ1) is 16.6. The number of hydrogen-bond donors (Lipinski definition) is 1. The van der Waals surface area contributed by atoms with Crippen LogP contribution in [0, 0.1) is 6.92 Å². The number of nitrogens with zero attached hydrogens (tertiary/aromatic N) is 1. The molecule has 0 spiro atoms. The van der Waals surface area contributed by atoms with Crippen molar-refractivity contribution in [2.45, 2.75) is 56.6 Å². The number of amides is 1. The fourth-order valence-corrected chi connectivity index (χ4v) is 6.11. The Morgan fingerprint density at radius 3 is 2.63 bits per heavy atom. The lowest BCUT2D eigenvalue weighted by molar-refractivity contribution is -0.122. The van der Waals surface area contributed by atoms with Gasteiger partial charge in [-0.1, -0.05) is 12.1 Å². The van der Waals surface area contributed by atoms with Crippen molar-refractivity contribution in [1.82, 2.24) is 9.62 Å². The molecular formula is C26H34N2O6S. The van der Waals surface area contributed by atoms with Crippen LogP contribution in [0.15, 0.2) is 41.3 Å². The van der Waals surface area contributed by atoms with E-state index in [2.05, 4.69) is 5.32 Å². The van der Waals surface area contributed by atoms with Crippen molar-refractivity contribution in [3.8, 4) is 11.5 Å². The van der Waals surface area contributed by atoms with Crippen LogP contribution in [-0.2, 0) is 26.0 Å². The molecule has 0 bridgehead atoms. The van der Waals surface area contributed by atoms with Crippen LogP contribution >= 0.6 is 0 Å². The summed E-state index contributed by atoms with van der Waals surface area (Å²) in [4.78, 5) is 13.2. The molecule has 2 heterocycles. The standard InChI is InChI=1S/C26H34N2O6S/c1-18-5-8-21-22(17-26(2,3)34-24(21)15-18)27-25(29)10-6-19-16-20(7-9-23(19)32-4)35(30,31)28-11-13-33-14-12-28/h5,7-9,15-16,22H,6,10-14,17H2,1-4H3,(H,27,29)/t22-/m1/s1. The molecule has 0 saturated carbocycles. The number of ether oxygens (including phenoxy) is 3. The van der Waals surface area contributed by atoms with Crippen LogP contribution in [0.4, 0.5) is 0 Å². The van der Waals surface area contributed by atoms with Crippen LogP contribution in [0.3, 0.4) is 0 Å². The molecule has 0 radical (unpaired) electrons. The number of morpholine rings is 1. The molecule has 9 heteroatoms. The second kappa shape index (κ2) is 10.2. The molecule has 2 aliphatic rings. The third-order valence-electron chi connectivity index (χ3n) is 6.44. The van der Waals surface area contributed by atoms with Gasteiger partial charge in [-0.2, -0.15) is 4.31 Å². The molecule has 4 rings (SSSR count). The van der Waals surface area contributed by atoms with Gasteiger partial charge in [0.25, 0.3) is 0 Å². The first-order valence-electron chi connectivity index (χ1n) is 11.9. The predicted octanol–water partition coefficient (Wildman–Crippen LogP) is 3.38. The van der Waals surface area contributed by atoms with E-state index in [9.17, 15) is 13.2 Å². The SMILES string of the molecule is COc1ccc(S(=O)(=O)N2CCOCC2)cc1CCC(=O)N[C@@H]1CC(C)(C)Oc2cc(C)ccc21. The first kappa shape index (κ1) is 25.5. The van der Waals surface area contributed by atoms with Gasteiger partial charge in [-0.15, -0.1) is 0 Å². The number of benzene rings is 2. The van der Waals surface area contributed by atoms with Crippen molar-refractivity contribution in [3.05, 3.63) is 53.1 Å². The Balaban J connectivity index is 1.47. The molecule has 1 N–H and O–H groups in total. The lowest BCUT2D eigenvalue weighted by atomic mass is 9.89. The van der Waals surface area contributed by atoms with Gasteiger partial charge in [-0.25, -0.2) is 8.42 Å². The predicted molar refractivity (Wildman–Crippen MR) is 132 cm³/mol. The van der Waals surface area contributed by atoms with Gasteiger partial charge in [0, 0.05) is 31.5 Å². The average molecular weight is 503 g/mol. The largest absolute Gasteiger partial charge is 0.496 e. The molecule has 0 aliphatic carbocycles. The highest BCUT2D eigenvalue weighted by molar-refractivity contribution is 7.89. The second-order valence-corrected chi connectivity index (χ2v) is 11.7. The Hall–Kier alpha value is -2.62. The van der Waals surface area contributed by atoms with E-state index in [4.69, 9.17) is 14.2 Å². The van der Waals surface area contributed by atoms with Crippen molar-refractivity contribution in [3.63, 3.8) is 0 Å². The first-order valence-corrected chi connectivity index (χ1v) is 13.4. The van der Waals surface area contributed by atoms with Crippen molar-refractivity contribution in [1.29, 1.82) is 0 Å². The molecular weight excluding hydrogens is 468 g/mol. The molecule has 2 aliphatic heterocycles. The molecule has 1 saturated heterocycles. The maximum absolute atomic E-state index is 13.1. The van der Waals surface area contributed by atoms with Gasteiger partial charge in [-0.3, -0.25) is 4.79 Å². The van der Waals surface area contributed by atoms with Gasteiger partial charge < -0.3 is 19.5 Å². The Morgan fingerprint density at radius 1 is 1.17 bits per heavy atom. The van der Waals surface area contributed by atoms with Crippen molar-refractivity contribution in [2.75, 3.05) is 33.4 Å². The number of aryl methyl sites for hydroxylation is 2. The molecule has 1 atom stereocenters. The van der Waals surface area contributed by atoms with Gasteiger partial charge in [0.1, 0.15) is 17.1 Å². The summed E-state index contributed by atoms with van der Waals surface area (Å²) < 4.78 is 44.5. The van der Waals surface area contributed by atoms with E-state index in [0.717, 1.165) is 16.9 Å². The van der Waals surface area contributed by atoms with E-state index in [1.54, 1.807) is 18.2 Å². The summed E-state index contributed by atoms with van der Waals surface area (Å²) in [7, 11) is -2.10. The van der Waals surface area contributed by atoms with E-state index in [0.29, 0.717) is 50.5 Å². The van der Waals surface area contributed by atoms with E-state index < -0.39 is 15.6 Å². The Bertz CT molecular complexity index is 1190. The summed E-state index contributed by atoms with van der Waals surface area (Å²) >= 11 is 0. The molecule has 35 heavy (non-hydrogen) atoms. The molecule has 2 aromatic carbocycles. The van der Waals surface area contributed by atoms with Gasteiger partial charge in [0.15, 0.2) is 0 Å². The van der Waals surface area contributed by atoms with E-state index in [1.165, 1.54) is 11.4 Å². The number of methoxy groups -OCH3 is 1. The minimum absolute atomic E-state index is 0.109. The third kappa shape index (κ3) is 5.79. The second-order valence-electron chi connectivity index (χ2n) is 9.72. The third-order valence-corrected chi connectivity index (χ3v) is 8.34. The topological polar surface area (TPSA) is 94.2 Å². The molecule has 0 aromatic heterocycles. The highest BCUT2D eigenvalue weighted by Gasteiger charge is 2.34. The van der Waals surface area contributed by atoms with E-state index in [-0.39, 0.29) is 23.3 Å². The molecule has 2 aromatic rings. The Morgan fingerprint density at radius 2 is 1.91 bits per heavy atom. The minimum Gasteiger partial charge on any atom is -0.496 e. The van der Waals surface area contributed by atoms with E-state index >= 15 is 0 Å². The molecule has 8 nitrogen and oxygen atoms in total. The zero-order valence-corrected chi connectivity index (χ0v) is 21.6. The van der Waals surface area contributed by atoms with Crippen LogP contribution < -0.4 is 14.8 Å². The van der Waals surface area contributed by atoms with Crippen LogP contribution in [0.2, 0.25) is 0 Å². The minimum atomic E-state index is -3.64. The molecule has 1 fully saturated rings. The number of nitrogens with one attached hydrogen (secondary N) is 1. The number of rotatable bonds is 7. The van der Waals surface area contributed by atoms with Crippen LogP contribution in [0.1, 0.15) is 49.4 Å². The van der Waals surface area contributed by atoms with Crippen LogP contribution in [-0.4, -0.2) is 57.6 Å². The molecule has 190 valence electrons. The smallest absolute Gasteiger partial charge is 0.243 e. The summed E-state index contributed by atoms with van der Waals surface area (Å²) in [5.74, 6) is 1.25. The number of sulfonamides is 1. The number of fused-ring (bicyclic) bond motifs is 1. The highest BCUT2D eigenvalue weighted by Crippen LogP contribution is 2.40. The maximum Gasteiger partial charge on any atom is 0.243 e. The number of hydrogen-bond acceptors (Lipinski definition) is 6. The van der Waals surface area contributed by atoms with Gasteiger partial charge in [0.2, 0.25) is 15.9 Å². The van der Waals surface area contributed by atoms with Crippen LogP contribution in [0.25, 0.3) is 0 Å². The van der Waals surface area contributed by atoms with Gasteiger partial charge in [0.05, 0.1) is 31.3 Å². The Kier molecular flexibility index (Phi) is 7.40. The summed E-state index contributed by atoms with van der Waals surface area (Å²) in [6.07, 6.45) is 1.22. The summed E-state index contributed by atoms with van der Waals surface area (Å²) in [5, 5.41) is 3.15. The van der Waals surface area contributed by atoms with Crippen molar-refractivity contribution < 1.29 is 27.4 Å². The quantitative estimate of drug-likeness (QED) is 0.624. The summed E-state index contributed by atoms with van der Waals surface area (Å²) in [6, 6.07) is 10.7. The zero-order chi connectivity index (χ0) is 25.2. The van der Waals surface area contributed by atoms with Gasteiger partial charge in [-0.05, 0) is 62.6 Å². The average Bonchev–Trinajstić information content (AvgIpc) is 2.82.